The van der Waals surface area contributed by atoms with Crippen LogP contribution in [0, 0.1) is 5.92 Å². The number of hydrogen-bond donors (Lipinski definition) is 1. The average molecular weight is 336 g/mol. The zero-order chi connectivity index (χ0) is 16.7. The van der Waals surface area contributed by atoms with Gasteiger partial charge in [-0.15, -0.1) is 0 Å². The van der Waals surface area contributed by atoms with Crippen LogP contribution in [0.1, 0.15) is 128 Å². The second-order valence-corrected chi connectivity index (χ2v) is 8.76. The van der Waals surface area contributed by atoms with Crippen LogP contribution in [0.2, 0.25) is 0 Å². The van der Waals surface area contributed by atoms with Gasteiger partial charge in [0.2, 0.25) is 0 Å². The monoisotopic (exact) mass is 335 g/mol. The molecule has 0 aromatic rings. The fraction of sp³-hybridized carbons (Fsp3) is 1.00. The lowest BCUT2D eigenvalue weighted by atomic mass is 9.92. The molecular formula is C23H45N. The van der Waals surface area contributed by atoms with E-state index in [-0.39, 0.29) is 0 Å². The number of nitrogens with one attached hydrogen (secondary N) is 1. The molecule has 1 heteroatoms. The summed E-state index contributed by atoms with van der Waals surface area (Å²) in [6, 6.07) is 0.825. The maximum atomic E-state index is 3.96. The van der Waals surface area contributed by atoms with Crippen LogP contribution in [0.15, 0.2) is 0 Å². The highest BCUT2D eigenvalue weighted by Crippen LogP contribution is 2.24. The molecule has 2 rings (SSSR count). The summed E-state index contributed by atoms with van der Waals surface area (Å²) in [7, 11) is 0. The van der Waals surface area contributed by atoms with Gasteiger partial charge in [0, 0.05) is 6.04 Å². The van der Waals surface area contributed by atoms with E-state index in [0.29, 0.717) is 0 Å². The fourth-order valence-corrected chi connectivity index (χ4v) is 4.87. The van der Waals surface area contributed by atoms with Crippen molar-refractivity contribution in [3.8, 4) is 0 Å². The van der Waals surface area contributed by atoms with E-state index in [0.717, 1.165) is 12.0 Å². The highest BCUT2D eigenvalue weighted by Gasteiger charge is 2.13. The lowest BCUT2D eigenvalue weighted by molar-refractivity contribution is 0.348. The molecule has 0 spiro atoms. The Morgan fingerprint density at radius 1 is 0.458 bits per heavy atom. The maximum absolute atomic E-state index is 3.96. The summed E-state index contributed by atoms with van der Waals surface area (Å²) in [5.41, 5.74) is 0. The third-order valence-corrected chi connectivity index (χ3v) is 6.57. The molecule has 0 aliphatic heterocycles. The van der Waals surface area contributed by atoms with Gasteiger partial charge in [0.05, 0.1) is 0 Å². The van der Waals surface area contributed by atoms with Gasteiger partial charge in [-0.2, -0.15) is 0 Å². The van der Waals surface area contributed by atoms with Crippen LogP contribution >= 0.6 is 0 Å². The normalized spacial score (nSPS) is 25.0. The Bertz CT molecular complexity index is 253. The Kier molecular flexibility index (Phi) is 12.0. The standard InChI is InChI=1S/C23H45N/c1-2-5-9-13-17-22(16-12-8-4-1)20-21-24-23-18-14-10-6-3-7-11-15-19-23/h22-24H,1-21H2. The predicted molar refractivity (Wildman–Crippen MR) is 108 cm³/mol. The molecule has 142 valence electrons. The van der Waals surface area contributed by atoms with Gasteiger partial charge in [-0.1, -0.05) is 109 Å². The summed E-state index contributed by atoms with van der Waals surface area (Å²) in [4.78, 5) is 0. The van der Waals surface area contributed by atoms with Crippen molar-refractivity contribution in [2.75, 3.05) is 6.54 Å². The van der Waals surface area contributed by atoms with Crippen molar-refractivity contribution in [3.05, 3.63) is 0 Å². The Morgan fingerprint density at radius 3 is 1.29 bits per heavy atom. The minimum Gasteiger partial charge on any atom is -0.314 e. The Hall–Kier alpha value is -0.0400. The average Bonchev–Trinajstić information content (AvgIpc) is 2.66. The topological polar surface area (TPSA) is 12.0 Å². The van der Waals surface area contributed by atoms with E-state index in [1.807, 2.05) is 0 Å². The van der Waals surface area contributed by atoms with Crippen LogP contribution < -0.4 is 5.32 Å². The van der Waals surface area contributed by atoms with Crippen LogP contribution in [0.25, 0.3) is 0 Å². The lowest BCUT2D eigenvalue weighted by Gasteiger charge is -2.22. The summed E-state index contributed by atoms with van der Waals surface area (Å²) in [6.45, 7) is 1.29. The minimum absolute atomic E-state index is 0.825. The Morgan fingerprint density at radius 2 is 0.833 bits per heavy atom. The number of rotatable bonds is 4. The van der Waals surface area contributed by atoms with E-state index >= 15 is 0 Å². The first-order valence-corrected chi connectivity index (χ1v) is 11.7. The molecule has 2 saturated carbocycles. The molecule has 2 aliphatic carbocycles. The molecule has 0 amide bonds. The molecule has 0 bridgehead atoms. The third-order valence-electron chi connectivity index (χ3n) is 6.57. The van der Waals surface area contributed by atoms with E-state index in [4.69, 9.17) is 0 Å². The molecule has 0 heterocycles. The van der Waals surface area contributed by atoms with Crippen molar-refractivity contribution in [2.45, 2.75) is 134 Å². The van der Waals surface area contributed by atoms with Gasteiger partial charge < -0.3 is 5.32 Å². The molecule has 0 radical (unpaired) electrons. The van der Waals surface area contributed by atoms with Crippen molar-refractivity contribution in [3.63, 3.8) is 0 Å². The minimum atomic E-state index is 0.825. The zero-order valence-corrected chi connectivity index (χ0v) is 16.5. The first kappa shape index (κ1) is 20.3. The second kappa shape index (κ2) is 14.2. The van der Waals surface area contributed by atoms with E-state index in [9.17, 15) is 0 Å². The maximum Gasteiger partial charge on any atom is 0.00670 e. The molecule has 0 atom stereocenters. The van der Waals surface area contributed by atoms with Gasteiger partial charge in [-0.05, 0) is 31.7 Å². The Balaban J connectivity index is 1.63. The molecule has 0 aromatic heterocycles. The molecule has 24 heavy (non-hydrogen) atoms. The van der Waals surface area contributed by atoms with Crippen molar-refractivity contribution in [1.29, 1.82) is 0 Å². The molecule has 1 N–H and O–H groups in total. The van der Waals surface area contributed by atoms with Gasteiger partial charge in [0.25, 0.3) is 0 Å². The SMILES string of the molecule is C1CCCCCC(CCNC2CCCCCCCCC2)CCCC1. The van der Waals surface area contributed by atoms with Crippen LogP contribution in [0.5, 0.6) is 0 Å². The lowest BCUT2D eigenvalue weighted by Crippen LogP contribution is -2.31. The summed E-state index contributed by atoms with van der Waals surface area (Å²) in [5, 5.41) is 3.96. The molecular weight excluding hydrogens is 290 g/mol. The van der Waals surface area contributed by atoms with Gasteiger partial charge in [0.15, 0.2) is 0 Å². The van der Waals surface area contributed by atoms with Crippen LogP contribution in [0.4, 0.5) is 0 Å². The van der Waals surface area contributed by atoms with E-state index in [2.05, 4.69) is 5.32 Å². The largest absolute Gasteiger partial charge is 0.314 e. The quantitative estimate of drug-likeness (QED) is 0.564. The highest BCUT2D eigenvalue weighted by molar-refractivity contribution is 4.71. The molecule has 2 aliphatic rings. The molecule has 1 nitrogen and oxygen atoms in total. The Labute approximate surface area is 152 Å². The number of hydrogen-bond acceptors (Lipinski definition) is 1. The fourth-order valence-electron chi connectivity index (χ4n) is 4.87. The predicted octanol–water partition coefficient (Wildman–Crippen LogP) is 7.39. The summed E-state index contributed by atoms with van der Waals surface area (Å²) >= 11 is 0. The summed E-state index contributed by atoms with van der Waals surface area (Å²) in [5.74, 6) is 1.01. The molecule has 2 fully saturated rings. The van der Waals surface area contributed by atoms with Crippen molar-refractivity contribution < 1.29 is 0 Å². The molecule has 0 aromatic carbocycles. The first-order chi connectivity index (χ1) is 11.9. The van der Waals surface area contributed by atoms with Gasteiger partial charge in [-0.25, -0.2) is 0 Å². The highest BCUT2D eigenvalue weighted by atomic mass is 14.9. The van der Waals surface area contributed by atoms with E-state index in [1.54, 1.807) is 0 Å². The van der Waals surface area contributed by atoms with Crippen LogP contribution in [-0.4, -0.2) is 12.6 Å². The van der Waals surface area contributed by atoms with E-state index < -0.39 is 0 Å². The third kappa shape index (κ3) is 10.1. The van der Waals surface area contributed by atoms with Crippen LogP contribution in [0.3, 0.4) is 0 Å². The molecule has 0 unspecified atom stereocenters. The smallest absolute Gasteiger partial charge is 0.00670 e. The molecule has 0 saturated heterocycles. The second-order valence-electron chi connectivity index (χ2n) is 8.76. The van der Waals surface area contributed by atoms with Crippen molar-refractivity contribution in [2.24, 2.45) is 5.92 Å². The summed E-state index contributed by atoms with van der Waals surface area (Å²) < 4.78 is 0. The summed E-state index contributed by atoms with van der Waals surface area (Å²) in [6.07, 6.45) is 29.6. The van der Waals surface area contributed by atoms with Gasteiger partial charge >= 0.3 is 0 Å². The van der Waals surface area contributed by atoms with Crippen molar-refractivity contribution in [1.82, 2.24) is 5.32 Å². The van der Waals surface area contributed by atoms with Gasteiger partial charge in [-0.3, -0.25) is 0 Å². The van der Waals surface area contributed by atoms with Gasteiger partial charge in [0.1, 0.15) is 0 Å². The van der Waals surface area contributed by atoms with Crippen molar-refractivity contribution >= 4 is 0 Å². The zero-order valence-electron chi connectivity index (χ0n) is 16.5. The van der Waals surface area contributed by atoms with E-state index in [1.165, 1.54) is 135 Å². The van der Waals surface area contributed by atoms with Crippen LogP contribution in [-0.2, 0) is 0 Å². The first-order valence-electron chi connectivity index (χ1n) is 11.7.